The van der Waals surface area contributed by atoms with Crippen LogP contribution in [0.1, 0.15) is 57.8 Å². The summed E-state index contributed by atoms with van der Waals surface area (Å²) in [5.41, 5.74) is 5.76. The van der Waals surface area contributed by atoms with Crippen LogP contribution in [-0.4, -0.2) is 36.3 Å². The molecule has 3 aromatic rings. The zero-order valence-electron chi connectivity index (χ0n) is 22.5. The number of nitrogens with one attached hydrogen (secondary N) is 1. The number of carbonyl (C=O) groups excluding carboxylic acids is 3. The van der Waals surface area contributed by atoms with E-state index in [1.807, 2.05) is 48.5 Å². The third-order valence-corrected chi connectivity index (χ3v) is 8.57. The first-order valence-electron chi connectivity index (χ1n) is 13.8. The van der Waals surface area contributed by atoms with Gasteiger partial charge >= 0.3 is 5.97 Å². The van der Waals surface area contributed by atoms with Crippen molar-refractivity contribution < 1.29 is 19.1 Å². The topological polar surface area (TPSA) is 99.5 Å². The Morgan fingerprint density at radius 3 is 2.58 bits per heavy atom. The van der Waals surface area contributed by atoms with E-state index in [2.05, 4.69) is 23.5 Å². The molecule has 1 aliphatic heterocycles. The summed E-state index contributed by atoms with van der Waals surface area (Å²) in [6.45, 7) is 1.28. The fraction of sp³-hybridized carbons (Fsp3) is 0.333. The smallest absolute Gasteiger partial charge is 0.337 e. The second kappa shape index (κ2) is 10.3. The summed E-state index contributed by atoms with van der Waals surface area (Å²) in [5, 5.41) is 12.8. The maximum absolute atomic E-state index is 13.3. The fourth-order valence-corrected chi connectivity index (χ4v) is 5.95. The molecule has 40 heavy (non-hydrogen) atoms. The van der Waals surface area contributed by atoms with Crippen LogP contribution in [-0.2, 0) is 33.8 Å². The van der Waals surface area contributed by atoms with Crippen LogP contribution in [0.3, 0.4) is 0 Å². The number of hydrogen-bond donors (Lipinski definition) is 1. The van der Waals surface area contributed by atoms with E-state index < -0.39 is 11.4 Å². The minimum atomic E-state index is -0.878. The zero-order chi connectivity index (χ0) is 27.9. The number of hydrogen-bond acceptors (Lipinski definition) is 5. The van der Waals surface area contributed by atoms with Gasteiger partial charge < -0.3 is 15.0 Å². The minimum Gasteiger partial charge on any atom is -0.465 e. The molecular formula is C33H31N3O4. The molecule has 2 saturated carbocycles. The molecule has 0 unspecified atom stereocenters. The molecule has 0 aromatic heterocycles. The SMILES string of the molecule is COC(=O)c1cccc(-c2ccc(CNC(=O)[C@@H]3C[C@@H]3c3ccccc3)c3c2CCN(C(=O)C2(C#N)CC2)C3)c1. The number of amides is 2. The van der Waals surface area contributed by atoms with Crippen LogP contribution in [0.15, 0.2) is 66.7 Å². The summed E-state index contributed by atoms with van der Waals surface area (Å²) in [6.07, 6.45) is 2.70. The van der Waals surface area contributed by atoms with E-state index in [0.29, 0.717) is 44.5 Å². The number of methoxy groups -OCH3 is 1. The molecule has 2 atom stereocenters. The first-order chi connectivity index (χ1) is 19.4. The number of carbonyl (C=O) groups is 3. The van der Waals surface area contributed by atoms with E-state index in [9.17, 15) is 19.6 Å². The lowest BCUT2D eigenvalue weighted by Gasteiger charge is -2.33. The number of esters is 1. The molecule has 202 valence electrons. The number of benzene rings is 3. The van der Waals surface area contributed by atoms with E-state index >= 15 is 0 Å². The van der Waals surface area contributed by atoms with Crippen molar-refractivity contribution >= 4 is 17.8 Å². The summed E-state index contributed by atoms with van der Waals surface area (Å²) in [4.78, 5) is 40.3. The Kier molecular flexibility index (Phi) is 6.63. The lowest BCUT2D eigenvalue weighted by molar-refractivity contribution is -0.136. The van der Waals surface area contributed by atoms with Crippen LogP contribution < -0.4 is 5.32 Å². The lowest BCUT2D eigenvalue weighted by Crippen LogP contribution is -2.41. The third-order valence-electron chi connectivity index (χ3n) is 8.57. The second-order valence-electron chi connectivity index (χ2n) is 11.0. The van der Waals surface area contributed by atoms with E-state index in [1.54, 1.807) is 11.0 Å². The van der Waals surface area contributed by atoms with Gasteiger partial charge in [-0.2, -0.15) is 5.26 Å². The van der Waals surface area contributed by atoms with Crippen LogP contribution in [0.4, 0.5) is 0 Å². The first-order valence-corrected chi connectivity index (χ1v) is 13.8. The Bertz CT molecular complexity index is 1540. The van der Waals surface area contributed by atoms with Crippen LogP contribution >= 0.6 is 0 Å². The van der Waals surface area contributed by atoms with Gasteiger partial charge in [0.25, 0.3) is 0 Å². The Morgan fingerprint density at radius 1 is 1.05 bits per heavy atom. The normalized spacial score (nSPS) is 20.1. The van der Waals surface area contributed by atoms with Crippen molar-refractivity contribution in [3.05, 3.63) is 94.5 Å². The maximum Gasteiger partial charge on any atom is 0.337 e. The van der Waals surface area contributed by atoms with E-state index in [1.165, 1.54) is 12.7 Å². The number of nitrogens with zero attached hydrogens (tertiary/aromatic N) is 2. The van der Waals surface area contributed by atoms with Gasteiger partial charge in [-0.15, -0.1) is 0 Å². The molecule has 0 bridgehead atoms. The van der Waals surface area contributed by atoms with Crippen molar-refractivity contribution in [3.63, 3.8) is 0 Å². The van der Waals surface area contributed by atoms with Crippen LogP contribution in [0.5, 0.6) is 0 Å². The van der Waals surface area contributed by atoms with Crippen molar-refractivity contribution in [3.8, 4) is 17.2 Å². The van der Waals surface area contributed by atoms with Crippen molar-refractivity contribution in [1.29, 1.82) is 5.26 Å². The summed E-state index contributed by atoms with van der Waals surface area (Å²) in [5.74, 6) is -0.220. The van der Waals surface area contributed by atoms with Crippen molar-refractivity contribution in [1.82, 2.24) is 10.2 Å². The quantitative estimate of drug-likeness (QED) is 0.442. The molecule has 2 amide bonds. The van der Waals surface area contributed by atoms with Gasteiger partial charge in [0.05, 0.1) is 18.7 Å². The Hall–Kier alpha value is -4.44. The van der Waals surface area contributed by atoms with Gasteiger partial charge in [0, 0.05) is 25.6 Å². The standard InChI is InChI=1S/C33H31N3O4/c1-40-31(38)23-9-5-8-22(16-23)25-11-10-24(18-35-30(37)28-17-27(28)21-6-3-2-4-7-21)29-19-36(15-12-26(25)29)32(39)33(20-34)13-14-33/h2-11,16,27-28H,12-15,17-19H2,1H3,(H,35,37)/t27-,28-/m1/s1. The van der Waals surface area contributed by atoms with Crippen molar-refractivity contribution in [2.45, 2.75) is 44.7 Å². The van der Waals surface area contributed by atoms with Crippen LogP contribution in [0.2, 0.25) is 0 Å². The molecule has 0 radical (unpaired) electrons. The molecule has 7 nitrogen and oxygen atoms in total. The van der Waals surface area contributed by atoms with Gasteiger partial charge in [-0.25, -0.2) is 4.79 Å². The molecule has 0 spiro atoms. The highest BCUT2D eigenvalue weighted by Crippen LogP contribution is 2.48. The second-order valence-corrected chi connectivity index (χ2v) is 11.0. The molecule has 3 aliphatic rings. The average Bonchev–Trinajstić information content (AvgIpc) is 3.94. The van der Waals surface area contributed by atoms with Gasteiger partial charge in [-0.1, -0.05) is 54.6 Å². The van der Waals surface area contributed by atoms with Crippen molar-refractivity contribution in [2.24, 2.45) is 11.3 Å². The minimum absolute atomic E-state index is 0.0259. The molecule has 0 saturated heterocycles. The number of rotatable bonds is 7. The monoisotopic (exact) mass is 533 g/mol. The number of fused-ring (bicyclic) bond motifs is 1. The number of ether oxygens (including phenoxy) is 1. The first kappa shape index (κ1) is 25.8. The highest BCUT2D eigenvalue weighted by Gasteiger charge is 2.53. The van der Waals surface area contributed by atoms with Crippen LogP contribution in [0, 0.1) is 22.7 Å². The maximum atomic E-state index is 13.3. The third kappa shape index (κ3) is 4.75. The highest BCUT2D eigenvalue weighted by atomic mass is 16.5. The summed E-state index contributed by atoms with van der Waals surface area (Å²) >= 11 is 0. The Morgan fingerprint density at radius 2 is 1.85 bits per heavy atom. The number of nitriles is 1. The molecule has 3 aromatic carbocycles. The van der Waals surface area contributed by atoms with Crippen molar-refractivity contribution in [2.75, 3.05) is 13.7 Å². The van der Waals surface area contributed by atoms with Crippen LogP contribution in [0.25, 0.3) is 11.1 Å². The Balaban J connectivity index is 1.27. The van der Waals surface area contributed by atoms with E-state index in [4.69, 9.17) is 4.74 Å². The van der Waals surface area contributed by atoms with Gasteiger partial charge in [0.1, 0.15) is 5.41 Å². The lowest BCUT2D eigenvalue weighted by atomic mass is 9.86. The summed E-state index contributed by atoms with van der Waals surface area (Å²) < 4.78 is 4.91. The molecule has 2 fully saturated rings. The Labute approximate surface area is 233 Å². The average molecular weight is 534 g/mol. The summed E-state index contributed by atoms with van der Waals surface area (Å²) in [6, 6.07) is 23.8. The summed E-state index contributed by atoms with van der Waals surface area (Å²) in [7, 11) is 1.36. The van der Waals surface area contributed by atoms with Gasteiger partial charge in [0.2, 0.25) is 11.8 Å². The van der Waals surface area contributed by atoms with Gasteiger partial charge in [-0.3, -0.25) is 9.59 Å². The largest absolute Gasteiger partial charge is 0.465 e. The van der Waals surface area contributed by atoms with E-state index in [-0.39, 0.29) is 23.7 Å². The molecule has 7 heteroatoms. The van der Waals surface area contributed by atoms with Gasteiger partial charge in [0.15, 0.2) is 0 Å². The predicted octanol–water partition coefficient (Wildman–Crippen LogP) is 4.75. The van der Waals surface area contributed by atoms with E-state index in [0.717, 1.165) is 34.2 Å². The molecule has 2 aliphatic carbocycles. The van der Waals surface area contributed by atoms with Gasteiger partial charge in [-0.05, 0) is 77.1 Å². The highest BCUT2D eigenvalue weighted by molar-refractivity contribution is 5.91. The predicted molar refractivity (Wildman–Crippen MR) is 149 cm³/mol. The molecular weight excluding hydrogens is 502 g/mol. The molecule has 1 heterocycles. The molecule has 6 rings (SSSR count). The fourth-order valence-electron chi connectivity index (χ4n) is 5.95. The zero-order valence-corrected chi connectivity index (χ0v) is 22.5. The molecule has 1 N–H and O–H groups in total.